The Labute approximate surface area is 91.9 Å². The van der Waals surface area contributed by atoms with E-state index in [-0.39, 0.29) is 0 Å². The second kappa shape index (κ2) is 5.91. The molecule has 0 amide bonds. The van der Waals surface area contributed by atoms with Crippen molar-refractivity contribution in [1.29, 1.82) is 0 Å². The summed E-state index contributed by atoms with van der Waals surface area (Å²) in [4.78, 5) is 4.02. The summed E-state index contributed by atoms with van der Waals surface area (Å²) >= 11 is 0. The van der Waals surface area contributed by atoms with Crippen molar-refractivity contribution in [2.75, 3.05) is 13.1 Å². The highest BCUT2D eigenvalue weighted by Crippen LogP contribution is 2.31. The van der Waals surface area contributed by atoms with E-state index < -0.39 is 0 Å². The Morgan fingerprint density at radius 3 is 2.93 bits per heavy atom. The monoisotopic (exact) mass is 207 g/mol. The Hall–Kier alpha value is -0.830. The van der Waals surface area contributed by atoms with E-state index in [0.29, 0.717) is 0 Å². The molecule has 1 aromatic rings. The third-order valence-electron chi connectivity index (χ3n) is 3.01. The maximum atomic E-state index is 4.02. The number of aromatic nitrogens is 2. The predicted molar refractivity (Wildman–Crippen MR) is 61.7 cm³/mol. The number of hydrogen-bond acceptors (Lipinski definition) is 2. The molecule has 0 radical (unpaired) electrons. The van der Waals surface area contributed by atoms with Gasteiger partial charge in [0.15, 0.2) is 0 Å². The lowest BCUT2D eigenvalue weighted by Crippen LogP contribution is -2.17. The van der Waals surface area contributed by atoms with Gasteiger partial charge in [0, 0.05) is 18.9 Å². The molecule has 2 rings (SSSR count). The number of rotatable bonds is 8. The van der Waals surface area contributed by atoms with Crippen LogP contribution in [-0.4, -0.2) is 22.6 Å². The molecular weight excluding hydrogens is 186 g/mol. The summed E-state index contributed by atoms with van der Waals surface area (Å²) in [7, 11) is 0. The Morgan fingerprint density at radius 1 is 1.27 bits per heavy atom. The van der Waals surface area contributed by atoms with Crippen molar-refractivity contribution in [2.24, 2.45) is 5.92 Å². The minimum Gasteiger partial charge on any atom is -0.337 e. The molecule has 3 heteroatoms. The molecule has 0 bridgehead atoms. The van der Waals surface area contributed by atoms with Gasteiger partial charge in [0.2, 0.25) is 0 Å². The first kappa shape index (κ1) is 10.7. The molecular formula is C12H21N3. The third kappa shape index (κ3) is 4.47. The van der Waals surface area contributed by atoms with Crippen molar-refractivity contribution in [3.8, 4) is 0 Å². The van der Waals surface area contributed by atoms with Crippen LogP contribution in [-0.2, 0) is 6.54 Å². The molecule has 1 N–H and O–H groups in total. The second-order valence-electron chi connectivity index (χ2n) is 4.49. The van der Waals surface area contributed by atoms with Gasteiger partial charge in [-0.05, 0) is 38.3 Å². The molecule has 0 unspecified atom stereocenters. The first-order chi connectivity index (χ1) is 7.45. The summed E-state index contributed by atoms with van der Waals surface area (Å²) < 4.78 is 2.14. The fourth-order valence-electron chi connectivity index (χ4n) is 1.80. The average molecular weight is 207 g/mol. The molecule has 1 heterocycles. The summed E-state index contributed by atoms with van der Waals surface area (Å²) in [5.74, 6) is 1.06. The van der Waals surface area contributed by atoms with E-state index in [2.05, 4.69) is 14.9 Å². The molecule has 15 heavy (non-hydrogen) atoms. The van der Waals surface area contributed by atoms with Crippen molar-refractivity contribution in [1.82, 2.24) is 14.9 Å². The maximum Gasteiger partial charge on any atom is 0.0945 e. The van der Waals surface area contributed by atoms with Crippen LogP contribution in [0.5, 0.6) is 0 Å². The second-order valence-corrected chi connectivity index (χ2v) is 4.49. The van der Waals surface area contributed by atoms with Crippen molar-refractivity contribution < 1.29 is 0 Å². The number of nitrogens with zero attached hydrogens (tertiary/aromatic N) is 2. The SMILES string of the molecule is c1cn(CCCCNCCC2CC2)cn1. The Morgan fingerprint density at radius 2 is 2.20 bits per heavy atom. The fourth-order valence-corrected chi connectivity index (χ4v) is 1.80. The summed E-state index contributed by atoms with van der Waals surface area (Å²) in [6.45, 7) is 3.49. The Bertz CT molecular complexity index is 252. The van der Waals surface area contributed by atoms with E-state index in [4.69, 9.17) is 0 Å². The van der Waals surface area contributed by atoms with Gasteiger partial charge in [0.05, 0.1) is 6.33 Å². The average Bonchev–Trinajstić information content (AvgIpc) is 2.92. The summed E-state index contributed by atoms with van der Waals surface area (Å²) in [6, 6.07) is 0. The van der Waals surface area contributed by atoms with Gasteiger partial charge >= 0.3 is 0 Å². The zero-order valence-electron chi connectivity index (χ0n) is 9.36. The van der Waals surface area contributed by atoms with Gasteiger partial charge < -0.3 is 9.88 Å². The van der Waals surface area contributed by atoms with E-state index in [1.807, 2.05) is 18.7 Å². The van der Waals surface area contributed by atoms with Gasteiger partial charge in [-0.2, -0.15) is 0 Å². The molecule has 0 atom stereocenters. The minimum absolute atomic E-state index is 1.06. The molecule has 1 aliphatic carbocycles. The molecule has 3 nitrogen and oxygen atoms in total. The maximum absolute atomic E-state index is 4.02. The van der Waals surface area contributed by atoms with Crippen molar-refractivity contribution in [2.45, 2.75) is 38.6 Å². The van der Waals surface area contributed by atoms with Crippen LogP contribution in [0.25, 0.3) is 0 Å². The van der Waals surface area contributed by atoms with Gasteiger partial charge in [0.1, 0.15) is 0 Å². The van der Waals surface area contributed by atoms with E-state index in [1.54, 1.807) is 0 Å². The number of imidazole rings is 1. The Kier molecular flexibility index (Phi) is 4.21. The van der Waals surface area contributed by atoms with Crippen molar-refractivity contribution in [3.63, 3.8) is 0 Å². The third-order valence-corrected chi connectivity index (χ3v) is 3.01. The molecule has 0 aliphatic heterocycles. The highest BCUT2D eigenvalue weighted by atomic mass is 15.0. The Balaban J connectivity index is 1.38. The lowest BCUT2D eigenvalue weighted by atomic mass is 10.2. The van der Waals surface area contributed by atoms with Crippen LogP contribution in [0.1, 0.15) is 32.1 Å². The van der Waals surface area contributed by atoms with E-state index in [1.165, 1.54) is 45.2 Å². The highest BCUT2D eigenvalue weighted by Gasteiger charge is 2.19. The highest BCUT2D eigenvalue weighted by molar-refractivity contribution is 4.74. The van der Waals surface area contributed by atoms with Crippen LogP contribution in [0.2, 0.25) is 0 Å². The van der Waals surface area contributed by atoms with E-state index >= 15 is 0 Å². The van der Waals surface area contributed by atoms with Gasteiger partial charge in [-0.3, -0.25) is 0 Å². The number of nitrogens with one attached hydrogen (secondary N) is 1. The number of hydrogen-bond donors (Lipinski definition) is 1. The zero-order chi connectivity index (χ0) is 10.3. The summed E-state index contributed by atoms with van der Waals surface area (Å²) in [5.41, 5.74) is 0. The summed E-state index contributed by atoms with van der Waals surface area (Å²) in [5, 5.41) is 3.51. The van der Waals surface area contributed by atoms with Gasteiger partial charge in [-0.1, -0.05) is 12.8 Å². The van der Waals surface area contributed by atoms with Crippen molar-refractivity contribution >= 4 is 0 Å². The molecule has 1 aliphatic rings. The molecule has 0 saturated heterocycles. The van der Waals surface area contributed by atoms with Crippen LogP contribution in [0.4, 0.5) is 0 Å². The fraction of sp³-hybridized carbons (Fsp3) is 0.750. The number of aryl methyl sites for hydroxylation is 1. The lowest BCUT2D eigenvalue weighted by Gasteiger charge is -2.04. The number of unbranched alkanes of at least 4 members (excludes halogenated alkanes) is 1. The van der Waals surface area contributed by atoms with Crippen LogP contribution in [0.3, 0.4) is 0 Å². The largest absolute Gasteiger partial charge is 0.337 e. The van der Waals surface area contributed by atoms with Crippen molar-refractivity contribution in [3.05, 3.63) is 18.7 Å². The first-order valence-corrected chi connectivity index (χ1v) is 6.11. The van der Waals surface area contributed by atoms with E-state index in [0.717, 1.165) is 12.5 Å². The molecule has 84 valence electrons. The summed E-state index contributed by atoms with van der Waals surface area (Å²) in [6.07, 6.45) is 12.6. The normalized spacial score (nSPS) is 15.7. The van der Waals surface area contributed by atoms with Crippen LogP contribution in [0, 0.1) is 5.92 Å². The lowest BCUT2D eigenvalue weighted by molar-refractivity contribution is 0.551. The standard InChI is InChI=1S/C12H21N3/c1(2-9-15-10-8-14-11-15)6-13-7-5-12-3-4-12/h8,10-13H,1-7,9H2. The quantitative estimate of drug-likeness (QED) is 0.661. The molecule has 1 aromatic heterocycles. The smallest absolute Gasteiger partial charge is 0.0945 e. The van der Waals surface area contributed by atoms with Crippen LogP contribution >= 0.6 is 0 Å². The van der Waals surface area contributed by atoms with Gasteiger partial charge in [-0.25, -0.2) is 4.98 Å². The predicted octanol–water partition coefficient (Wildman–Crippen LogP) is 2.05. The van der Waals surface area contributed by atoms with Gasteiger partial charge in [-0.15, -0.1) is 0 Å². The first-order valence-electron chi connectivity index (χ1n) is 6.11. The molecule has 1 fully saturated rings. The van der Waals surface area contributed by atoms with Gasteiger partial charge in [0.25, 0.3) is 0 Å². The van der Waals surface area contributed by atoms with Crippen LogP contribution < -0.4 is 5.32 Å². The minimum atomic E-state index is 1.06. The molecule has 0 aromatic carbocycles. The zero-order valence-corrected chi connectivity index (χ0v) is 9.36. The topological polar surface area (TPSA) is 29.9 Å². The van der Waals surface area contributed by atoms with Crippen LogP contribution in [0.15, 0.2) is 18.7 Å². The van der Waals surface area contributed by atoms with E-state index in [9.17, 15) is 0 Å². The molecule has 0 spiro atoms. The molecule has 1 saturated carbocycles.